The largest absolute Gasteiger partial charge is 0.488 e. The summed E-state index contributed by atoms with van der Waals surface area (Å²) in [6, 6.07) is 5.74. The van der Waals surface area contributed by atoms with Crippen LogP contribution in [-0.2, 0) is 14.3 Å². The minimum atomic E-state index is -1.09. The quantitative estimate of drug-likeness (QED) is 0.850. The molecular weight excluding hydrogens is 340 g/mol. The maximum absolute atomic E-state index is 12.3. The first-order valence-electron chi connectivity index (χ1n) is 8.32. The number of hydrogen-bond acceptors (Lipinski definition) is 5. The molecule has 2 amide bonds. The second-order valence-corrected chi connectivity index (χ2v) is 7.17. The van der Waals surface area contributed by atoms with Crippen LogP contribution in [0.15, 0.2) is 24.3 Å². The third-order valence-electron chi connectivity index (χ3n) is 3.65. The molecule has 0 spiro atoms. The molecule has 1 aromatic carbocycles. The second-order valence-electron chi connectivity index (χ2n) is 7.17. The molecule has 1 aliphatic rings. The second kappa shape index (κ2) is 7.63. The van der Waals surface area contributed by atoms with Crippen LogP contribution in [0.3, 0.4) is 0 Å². The van der Waals surface area contributed by atoms with E-state index in [1.165, 1.54) is 11.8 Å². The SMILES string of the molecule is CC(=O)Nc1ccc(O[C@@H]2C[C@@H](C(=O)O)N(C(=O)OC(C)(C)C)C2)cc1. The van der Waals surface area contributed by atoms with Gasteiger partial charge in [0, 0.05) is 19.0 Å². The summed E-state index contributed by atoms with van der Waals surface area (Å²) < 4.78 is 11.1. The Morgan fingerprint density at radius 2 is 1.81 bits per heavy atom. The lowest BCUT2D eigenvalue weighted by atomic mass is 10.2. The molecule has 1 aromatic rings. The lowest BCUT2D eigenvalue weighted by Crippen LogP contribution is -2.43. The summed E-state index contributed by atoms with van der Waals surface area (Å²) >= 11 is 0. The summed E-state index contributed by atoms with van der Waals surface area (Å²) in [6.45, 7) is 6.71. The highest BCUT2D eigenvalue weighted by atomic mass is 16.6. The monoisotopic (exact) mass is 364 g/mol. The van der Waals surface area contributed by atoms with Crippen LogP contribution < -0.4 is 10.1 Å². The van der Waals surface area contributed by atoms with Crippen LogP contribution in [0.1, 0.15) is 34.1 Å². The van der Waals surface area contributed by atoms with E-state index in [1.54, 1.807) is 45.0 Å². The fourth-order valence-electron chi connectivity index (χ4n) is 2.65. The van der Waals surface area contributed by atoms with Crippen molar-refractivity contribution in [3.8, 4) is 5.75 Å². The number of anilines is 1. The Balaban J connectivity index is 2.03. The number of nitrogens with zero attached hydrogens (tertiary/aromatic N) is 1. The van der Waals surface area contributed by atoms with E-state index in [-0.39, 0.29) is 18.9 Å². The van der Waals surface area contributed by atoms with Crippen LogP contribution >= 0.6 is 0 Å². The summed E-state index contributed by atoms with van der Waals surface area (Å²) in [4.78, 5) is 36.0. The van der Waals surface area contributed by atoms with Gasteiger partial charge in [-0.2, -0.15) is 0 Å². The van der Waals surface area contributed by atoms with E-state index in [2.05, 4.69) is 5.32 Å². The fourth-order valence-corrected chi connectivity index (χ4v) is 2.65. The highest BCUT2D eigenvalue weighted by Gasteiger charge is 2.42. The third-order valence-corrected chi connectivity index (χ3v) is 3.65. The van der Waals surface area contributed by atoms with Crippen LogP contribution in [0.5, 0.6) is 5.75 Å². The Labute approximate surface area is 152 Å². The Morgan fingerprint density at radius 1 is 1.19 bits per heavy atom. The van der Waals surface area contributed by atoms with Gasteiger partial charge in [0.05, 0.1) is 6.54 Å². The van der Waals surface area contributed by atoms with Crippen LogP contribution in [0.4, 0.5) is 10.5 Å². The highest BCUT2D eigenvalue weighted by molar-refractivity contribution is 5.88. The van der Waals surface area contributed by atoms with E-state index in [1.807, 2.05) is 0 Å². The third kappa shape index (κ3) is 5.37. The number of carbonyl (C=O) groups excluding carboxylic acids is 2. The smallest absolute Gasteiger partial charge is 0.411 e. The van der Waals surface area contributed by atoms with Crippen molar-refractivity contribution >= 4 is 23.7 Å². The van der Waals surface area contributed by atoms with E-state index in [0.29, 0.717) is 11.4 Å². The number of amides is 2. The topological polar surface area (TPSA) is 105 Å². The molecule has 26 heavy (non-hydrogen) atoms. The van der Waals surface area contributed by atoms with Crippen molar-refractivity contribution in [2.45, 2.75) is 51.9 Å². The molecule has 1 aliphatic heterocycles. The molecule has 8 heteroatoms. The van der Waals surface area contributed by atoms with Gasteiger partial charge >= 0.3 is 12.1 Å². The molecule has 0 unspecified atom stereocenters. The Morgan fingerprint density at radius 3 is 2.31 bits per heavy atom. The summed E-state index contributed by atoms with van der Waals surface area (Å²) in [5, 5.41) is 12.0. The number of benzene rings is 1. The maximum Gasteiger partial charge on any atom is 0.411 e. The molecule has 0 bridgehead atoms. The van der Waals surface area contributed by atoms with Crippen molar-refractivity contribution in [3.63, 3.8) is 0 Å². The molecule has 0 aliphatic carbocycles. The van der Waals surface area contributed by atoms with Crippen LogP contribution in [0.25, 0.3) is 0 Å². The van der Waals surface area contributed by atoms with Crippen molar-refractivity contribution in [2.75, 3.05) is 11.9 Å². The van der Waals surface area contributed by atoms with Crippen LogP contribution in [0, 0.1) is 0 Å². The Kier molecular flexibility index (Phi) is 5.74. The zero-order valence-corrected chi connectivity index (χ0v) is 15.3. The first kappa shape index (κ1) is 19.6. The first-order valence-corrected chi connectivity index (χ1v) is 8.32. The van der Waals surface area contributed by atoms with Gasteiger partial charge in [-0.25, -0.2) is 9.59 Å². The summed E-state index contributed by atoms with van der Waals surface area (Å²) in [5.41, 5.74) is -0.0754. The maximum atomic E-state index is 12.3. The van der Waals surface area contributed by atoms with Gasteiger partial charge in [-0.3, -0.25) is 9.69 Å². The van der Waals surface area contributed by atoms with Crippen molar-refractivity contribution < 1.29 is 29.0 Å². The van der Waals surface area contributed by atoms with Gasteiger partial charge in [-0.1, -0.05) is 0 Å². The number of carboxylic acids is 1. The number of likely N-dealkylation sites (tertiary alicyclic amines) is 1. The molecule has 0 radical (unpaired) electrons. The molecule has 2 atom stereocenters. The highest BCUT2D eigenvalue weighted by Crippen LogP contribution is 2.26. The van der Waals surface area contributed by atoms with Crippen LogP contribution in [0.2, 0.25) is 0 Å². The van der Waals surface area contributed by atoms with Crippen molar-refractivity contribution in [3.05, 3.63) is 24.3 Å². The molecule has 0 aromatic heterocycles. The predicted molar refractivity (Wildman–Crippen MR) is 94.1 cm³/mol. The van der Waals surface area contributed by atoms with E-state index >= 15 is 0 Å². The molecule has 2 N–H and O–H groups in total. The van der Waals surface area contributed by atoms with Gasteiger partial charge in [-0.15, -0.1) is 0 Å². The lowest BCUT2D eigenvalue weighted by molar-refractivity contribution is -0.142. The molecule has 2 rings (SSSR count). The molecule has 1 fully saturated rings. The Hall–Kier alpha value is -2.77. The van der Waals surface area contributed by atoms with Gasteiger partial charge < -0.3 is 19.9 Å². The number of aliphatic carboxylic acids is 1. The van der Waals surface area contributed by atoms with E-state index in [0.717, 1.165) is 0 Å². The van der Waals surface area contributed by atoms with Gasteiger partial charge in [0.2, 0.25) is 5.91 Å². The minimum absolute atomic E-state index is 0.124. The molecule has 0 saturated carbocycles. The average Bonchev–Trinajstić information content (AvgIpc) is 2.91. The molecular formula is C18H24N2O6. The van der Waals surface area contributed by atoms with E-state index in [4.69, 9.17) is 9.47 Å². The summed E-state index contributed by atoms with van der Waals surface area (Å²) in [5.74, 6) is -0.742. The number of hydrogen-bond donors (Lipinski definition) is 2. The lowest BCUT2D eigenvalue weighted by Gasteiger charge is -2.26. The first-order chi connectivity index (χ1) is 12.0. The standard InChI is InChI=1S/C18H24N2O6/c1-11(21)19-12-5-7-13(8-6-12)25-14-9-15(16(22)23)20(10-14)17(24)26-18(2,3)4/h5-8,14-15H,9-10H2,1-4H3,(H,19,21)(H,22,23)/t14-,15+/m1/s1. The zero-order chi connectivity index (χ0) is 19.5. The van der Waals surface area contributed by atoms with Gasteiger partial charge in [-0.05, 0) is 45.0 Å². The van der Waals surface area contributed by atoms with Crippen molar-refractivity contribution in [2.24, 2.45) is 0 Å². The van der Waals surface area contributed by atoms with Crippen molar-refractivity contribution in [1.82, 2.24) is 4.90 Å². The van der Waals surface area contributed by atoms with Gasteiger partial charge in [0.25, 0.3) is 0 Å². The Bertz CT molecular complexity index is 680. The molecule has 142 valence electrons. The molecule has 8 nitrogen and oxygen atoms in total. The zero-order valence-electron chi connectivity index (χ0n) is 15.3. The summed E-state index contributed by atoms with van der Waals surface area (Å²) in [6.07, 6.45) is -0.964. The fraction of sp³-hybridized carbons (Fsp3) is 0.500. The number of carboxylic acid groups (broad SMARTS) is 1. The van der Waals surface area contributed by atoms with E-state index in [9.17, 15) is 19.5 Å². The van der Waals surface area contributed by atoms with Crippen LogP contribution in [-0.4, -0.2) is 52.3 Å². The summed E-state index contributed by atoms with van der Waals surface area (Å²) in [7, 11) is 0. The van der Waals surface area contributed by atoms with E-state index < -0.39 is 29.8 Å². The predicted octanol–water partition coefficient (Wildman–Crippen LogP) is 2.49. The minimum Gasteiger partial charge on any atom is -0.488 e. The molecule has 1 heterocycles. The van der Waals surface area contributed by atoms with Gasteiger partial charge in [0.15, 0.2) is 0 Å². The number of rotatable bonds is 4. The van der Waals surface area contributed by atoms with Gasteiger partial charge in [0.1, 0.15) is 23.5 Å². The molecule has 1 saturated heterocycles. The number of carbonyl (C=O) groups is 3. The average molecular weight is 364 g/mol. The number of nitrogens with one attached hydrogen (secondary N) is 1. The number of ether oxygens (including phenoxy) is 2. The van der Waals surface area contributed by atoms with Crippen molar-refractivity contribution in [1.29, 1.82) is 0 Å². The normalized spacial score (nSPS) is 19.8.